The first-order chi connectivity index (χ1) is 11.8. The number of nitrogens with one attached hydrogen (secondary N) is 1. The van der Waals surface area contributed by atoms with E-state index in [1.54, 1.807) is 6.92 Å². The van der Waals surface area contributed by atoms with Crippen LogP contribution >= 0.6 is 11.3 Å². The van der Waals surface area contributed by atoms with E-state index in [2.05, 4.69) is 5.32 Å². The maximum Gasteiger partial charge on any atom is 0.341 e. The molecule has 0 saturated heterocycles. The molecule has 1 amide bonds. The molecule has 4 atom stereocenters. The largest absolute Gasteiger partial charge is 0.481 e. The number of carbonyl (C=O) groups is 3. The first kappa shape index (κ1) is 17.7. The number of aryl methyl sites for hydroxylation is 1. The highest BCUT2D eigenvalue weighted by Gasteiger charge is 2.51. The van der Waals surface area contributed by atoms with Crippen LogP contribution in [0.4, 0.5) is 5.00 Å². The summed E-state index contributed by atoms with van der Waals surface area (Å²) in [4.78, 5) is 37.6. The van der Waals surface area contributed by atoms with E-state index < -0.39 is 23.8 Å². The highest BCUT2D eigenvalue weighted by atomic mass is 32.1. The van der Waals surface area contributed by atoms with E-state index in [1.165, 1.54) is 11.3 Å². The second kappa shape index (κ2) is 6.63. The lowest BCUT2D eigenvalue weighted by Crippen LogP contribution is -2.36. The van der Waals surface area contributed by atoms with E-state index in [4.69, 9.17) is 4.74 Å². The molecule has 3 rings (SSSR count). The predicted octanol–water partition coefficient (Wildman–Crippen LogP) is 3.00. The van der Waals surface area contributed by atoms with Crippen molar-refractivity contribution < 1.29 is 24.2 Å². The molecule has 25 heavy (non-hydrogen) atoms. The Morgan fingerprint density at radius 1 is 1.24 bits per heavy atom. The minimum atomic E-state index is -0.943. The average molecular weight is 363 g/mol. The van der Waals surface area contributed by atoms with E-state index in [0.29, 0.717) is 17.0 Å². The van der Waals surface area contributed by atoms with Gasteiger partial charge in [0.2, 0.25) is 5.91 Å². The van der Waals surface area contributed by atoms with E-state index in [1.807, 2.05) is 26.0 Å². The van der Waals surface area contributed by atoms with Crippen LogP contribution in [0, 0.1) is 37.5 Å². The van der Waals surface area contributed by atoms with Gasteiger partial charge in [0.25, 0.3) is 0 Å². The van der Waals surface area contributed by atoms with Gasteiger partial charge in [0, 0.05) is 4.88 Å². The van der Waals surface area contributed by atoms with Crippen LogP contribution in [0.3, 0.4) is 0 Å². The molecule has 1 heterocycles. The number of ether oxygens (including phenoxy) is 1. The van der Waals surface area contributed by atoms with E-state index >= 15 is 0 Å². The van der Waals surface area contributed by atoms with Crippen LogP contribution in [0.2, 0.25) is 0 Å². The Bertz CT molecular complexity index is 766. The number of thiophene rings is 1. The molecule has 1 fully saturated rings. The van der Waals surface area contributed by atoms with Crippen LogP contribution in [0.1, 0.15) is 34.1 Å². The lowest BCUT2D eigenvalue weighted by atomic mass is 9.82. The fourth-order valence-electron chi connectivity index (χ4n) is 3.88. The van der Waals surface area contributed by atoms with Crippen molar-refractivity contribution in [1.82, 2.24) is 0 Å². The average Bonchev–Trinajstić information content (AvgIpc) is 3.21. The number of esters is 1. The summed E-state index contributed by atoms with van der Waals surface area (Å²) in [7, 11) is 0. The third-order valence-corrected chi connectivity index (χ3v) is 6.27. The third kappa shape index (κ3) is 2.97. The van der Waals surface area contributed by atoms with Gasteiger partial charge in [-0.15, -0.1) is 11.3 Å². The van der Waals surface area contributed by atoms with Crippen molar-refractivity contribution in [3.8, 4) is 0 Å². The molecular formula is C18H21NO5S. The van der Waals surface area contributed by atoms with Crippen molar-refractivity contribution in [3.63, 3.8) is 0 Å². The number of amides is 1. The molecule has 0 aromatic carbocycles. The van der Waals surface area contributed by atoms with Crippen LogP contribution in [-0.4, -0.2) is 29.6 Å². The lowest BCUT2D eigenvalue weighted by Gasteiger charge is -2.23. The number of aliphatic carboxylic acids is 1. The molecule has 6 nitrogen and oxygen atoms in total. The summed E-state index contributed by atoms with van der Waals surface area (Å²) in [5, 5.41) is 12.7. The van der Waals surface area contributed by atoms with E-state index in [-0.39, 0.29) is 24.3 Å². The Labute approximate surface area is 149 Å². The molecule has 2 aliphatic rings. The number of fused-ring (bicyclic) bond motifs is 2. The van der Waals surface area contributed by atoms with Gasteiger partial charge in [-0.2, -0.15) is 0 Å². The second-order valence-corrected chi connectivity index (χ2v) is 7.76. The van der Waals surface area contributed by atoms with Gasteiger partial charge >= 0.3 is 11.9 Å². The highest BCUT2D eigenvalue weighted by Crippen LogP contribution is 2.48. The topological polar surface area (TPSA) is 92.7 Å². The SMILES string of the molecule is CCOC(=O)c1c(NC(=O)[C@H]2[C@@H](C(=O)O)[C@@H]3C=C[C@H]2C3)sc(C)c1C. The van der Waals surface area contributed by atoms with Gasteiger partial charge in [-0.25, -0.2) is 4.79 Å². The molecule has 1 aromatic heterocycles. The number of carboxylic acid groups (broad SMARTS) is 1. The maximum atomic E-state index is 12.8. The molecule has 0 unspecified atom stereocenters. The molecule has 1 saturated carbocycles. The van der Waals surface area contributed by atoms with Gasteiger partial charge in [-0.05, 0) is 44.6 Å². The minimum Gasteiger partial charge on any atom is -0.481 e. The van der Waals surface area contributed by atoms with Crippen molar-refractivity contribution >= 4 is 34.2 Å². The van der Waals surface area contributed by atoms with Crippen LogP contribution in [0.15, 0.2) is 12.2 Å². The summed E-state index contributed by atoms with van der Waals surface area (Å²) in [5.41, 5.74) is 1.14. The van der Waals surface area contributed by atoms with Crippen molar-refractivity contribution in [3.05, 3.63) is 28.2 Å². The quantitative estimate of drug-likeness (QED) is 0.620. The summed E-state index contributed by atoms with van der Waals surface area (Å²) in [6.45, 7) is 5.66. The zero-order valence-electron chi connectivity index (χ0n) is 14.4. The maximum absolute atomic E-state index is 12.8. The fourth-order valence-corrected chi connectivity index (χ4v) is 4.93. The second-order valence-electron chi connectivity index (χ2n) is 6.54. The van der Waals surface area contributed by atoms with Gasteiger partial charge in [0.15, 0.2) is 0 Å². The van der Waals surface area contributed by atoms with E-state index in [9.17, 15) is 19.5 Å². The number of allylic oxidation sites excluding steroid dienone is 2. The predicted molar refractivity (Wildman–Crippen MR) is 93.7 cm³/mol. The first-order valence-electron chi connectivity index (χ1n) is 8.34. The van der Waals surface area contributed by atoms with Crippen LogP contribution in [-0.2, 0) is 14.3 Å². The van der Waals surface area contributed by atoms with Crippen LogP contribution in [0.5, 0.6) is 0 Å². The zero-order valence-corrected chi connectivity index (χ0v) is 15.2. The van der Waals surface area contributed by atoms with Gasteiger partial charge in [-0.3, -0.25) is 9.59 Å². The Morgan fingerprint density at radius 3 is 2.48 bits per heavy atom. The van der Waals surface area contributed by atoms with Gasteiger partial charge < -0.3 is 15.2 Å². The smallest absolute Gasteiger partial charge is 0.341 e. The van der Waals surface area contributed by atoms with Crippen molar-refractivity contribution in [1.29, 1.82) is 0 Å². The molecule has 1 aromatic rings. The molecule has 134 valence electrons. The molecule has 0 spiro atoms. The summed E-state index contributed by atoms with van der Waals surface area (Å²) in [6.07, 6.45) is 4.53. The standard InChI is InChI=1S/C18H21NO5S/c1-4-24-18(23)12-8(2)9(3)25-16(12)19-15(20)13-10-5-6-11(7-10)14(13)17(21)22/h5-6,10-11,13-14H,4,7H2,1-3H3,(H,19,20)(H,21,22)/t10-,11+,13+,14-/m0/s1. The minimum absolute atomic E-state index is 0.0562. The van der Waals surface area contributed by atoms with Crippen LogP contribution < -0.4 is 5.32 Å². The Balaban J connectivity index is 1.87. The molecule has 2 aliphatic carbocycles. The molecule has 0 aliphatic heterocycles. The summed E-state index contributed by atoms with van der Waals surface area (Å²) in [6, 6.07) is 0. The number of carboxylic acids is 1. The molecular weight excluding hydrogens is 342 g/mol. The van der Waals surface area contributed by atoms with E-state index in [0.717, 1.165) is 10.4 Å². The molecule has 0 radical (unpaired) electrons. The number of hydrogen-bond donors (Lipinski definition) is 2. The fraction of sp³-hybridized carbons (Fsp3) is 0.500. The highest BCUT2D eigenvalue weighted by molar-refractivity contribution is 7.16. The number of anilines is 1. The molecule has 2 N–H and O–H groups in total. The number of hydrogen-bond acceptors (Lipinski definition) is 5. The third-order valence-electron chi connectivity index (χ3n) is 5.15. The summed E-state index contributed by atoms with van der Waals surface area (Å²) >= 11 is 1.31. The Kier molecular flexibility index (Phi) is 4.69. The summed E-state index contributed by atoms with van der Waals surface area (Å²) in [5.74, 6) is -3.21. The Morgan fingerprint density at radius 2 is 1.88 bits per heavy atom. The monoisotopic (exact) mass is 363 g/mol. The molecule has 7 heteroatoms. The number of carbonyl (C=O) groups excluding carboxylic acids is 2. The summed E-state index contributed by atoms with van der Waals surface area (Å²) < 4.78 is 5.09. The van der Waals surface area contributed by atoms with Crippen molar-refractivity contribution in [2.24, 2.45) is 23.7 Å². The van der Waals surface area contributed by atoms with Crippen LogP contribution in [0.25, 0.3) is 0 Å². The first-order valence-corrected chi connectivity index (χ1v) is 9.15. The normalized spacial score (nSPS) is 26.7. The van der Waals surface area contributed by atoms with Gasteiger partial charge in [0.1, 0.15) is 5.00 Å². The lowest BCUT2D eigenvalue weighted by molar-refractivity contribution is -0.146. The zero-order chi connectivity index (χ0) is 18.3. The van der Waals surface area contributed by atoms with Crippen molar-refractivity contribution in [2.45, 2.75) is 27.2 Å². The van der Waals surface area contributed by atoms with Crippen molar-refractivity contribution in [2.75, 3.05) is 11.9 Å². The number of rotatable bonds is 5. The molecule has 2 bridgehead atoms. The Hall–Kier alpha value is -2.15. The van der Waals surface area contributed by atoms with Gasteiger partial charge in [0.05, 0.1) is 24.0 Å². The van der Waals surface area contributed by atoms with Gasteiger partial charge in [-0.1, -0.05) is 12.2 Å².